The maximum atomic E-state index is 9.28. The lowest BCUT2D eigenvalue weighted by atomic mass is 10.2. The topological polar surface area (TPSA) is 52.7 Å². The molecule has 0 aromatic rings. The number of nitrogens with zero attached hydrogens (tertiary/aromatic N) is 2. The van der Waals surface area contributed by atoms with E-state index in [1.54, 1.807) is 0 Å². The first kappa shape index (κ1) is 11.3. The molecule has 15 heavy (non-hydrogen) atoms. The molecule has 2 heterocycles. The van der Waals surface area contributed by atoms with Crippen LogP contribution in [0.1, 0.15) is 19.3 Å². The average molecular weight is 213 g/mol. The van der Waals surface area contributed by atoms with E-state index >= 15 is 0 Å². The highest BCUT2D eigenvalue weighted by Gasteiger charge is 2.30. The summed E-state index contributed by atoms with van der Waals surface area (Å²) in [6.07, 6.45) is 3.87. The Bertz CT molecular complexity index is 196. The maximum Gasteiger partial charge on any atom is 0.0599 e. The van der Waals surface area contributed by atoms with Crippen LogP contribution in [0, 0.1) is 0 Å². The number of nitrogens with two attached hydrogens (primary N) is 1. The number of fused-ring (bicyclic) bond motifs is 1. The molecule has 2 aliphatic rings. The van der Waals surface area contributed by atoms with Crippen molar-refractivity contribution in [2.75, 3.05) is 39.3 Å². The van der Waals surface area contributed by atoms with Crippen LogP contribution in [0.25, 0.3) is 0 Å². The van der Waals surface area contributed by atoms with Crippen molar-refractivity contribution in [3.8, 4) is 0 Å². The first-order chi connectivity index (χ1) is 7.35. The molecular formula is C11H23N3O. The van der Waals surface area contributed by atoms with Gasteiger partial charge in [0.2, 0.25) is 0 Å². The van der Waals surface area contributed by atoms with Crippen LogP contribution in [0.4, 0.5) is 0 Å². The van der Waals surface area contributed by atoms with Crippen LogP contribution in [0.5, 0.6) is 0 Å². The Kier molecular flexibility index (Phi) is 3.97. The molecule has 0 saturated carbocycles. The van der Waals surface area contributed by atoms with Crippen molar-refractivity contribution in [1.29, 1.82) is 0 Å². The molecule has 3 N–H and O–H groups in total. The van der Waals surface area contributed by atoms with Gasteiger partial charge in [-0.25, -0.2) is 0 Å². The number of aliphatic hydroxyl groups is 1. The zero-order valence-electron chi connectivity index (χ0n) is 9.44. The fourth-order valence-corrected chi connectivity index (χ4v) is 2.91. The zero-order chi connectivity index (χ0) is 10.7. The molecule has 2 atom stereocenters. The highest BCUT2D eigenvalue weighted by molar-refractivity contribution is 4.87. The predicted molar refractivity (Wildman–Crippen MR) is 60.7 cm³/mol. The average Bonchev–Trinajstić information content (AvgIpc) is 2.59. The van der Waals surface area contributed by atoms with E-state index in [2.05, 4.69) is 9.80 Å². The summed E-state index contributed by atoms with van der Waals surface area (Å²) in [5, 5.41) is 9.28. The smallest absolute Gasteiger partial charge is 0.0599 e. The van der Waals surface area contributed by atoms with Gasteiger partial charge in [0.05, 0.1) is 6.61 Å². The minimum absolute atomic E-state index is 0.172. The summed E-state index contributed by atoms with van der Waals surface area (Å²) >= 11 is 0. The van der Waals surface area contributed by atoms with Gasteiger partial charge in [0.1, 0.15) is 0 Å². The Morgan fingerprint density at radius 2 is 2.07 bits per heavy atom. The van der Waals surface area contributed by atoms with E-state index in [1.807, 2.05) is 0 Å². The Morgan fingerprint density at radius 1 is 1.27 bits per heavy atom. The second kappa shape index (κ2) is 5.25. The van der Waals surface area contributed by atoms with Gasteiger partial charge in [-0.15, -0.1) is 0 Å². The quantitative estimate of drug-likeness (QED) is 0.662. The second-order valence-corrected chi connectivity index (χ2v) is 4.75. The third-order valence-corrected chi connectivity index (χ3v) is 3.83. The van der Waals surface area contributed by atoms with Gasteiger partial charge in [-0.1, -0.05) is 0 Å². The van der Waals surface area contributed by atoms with Crippen molar-refractivity contribution in [2.24, 2.45) is 5.73 Å². The fourth-order valence-electron chi connectivity index (χ4n) is 2.91. The number of rotatable bonds is 3. The fraction of sp³-hybridized carbons (Fsp3) is 1.00. The second-order valence-electron chi connectivity index (χ2n) is 4.75. The number of hydrogen-bond acceptors (Lipinski definition) is 4. The summed E-state index contributed by atoms with van der Waals surface area (Å²) in [4.78, 5) is 4.99. The van der Waals surface area contributed by atoms with E-state index in [9.17, 15) is 5.11 Å². The van der Waals surface area contributed by atoms with Gasteiger partial charge >= 0.3 is 0 Å². The summed E-state index contributed by atoms with van der Waals surface area (Å²) < 4.78 is 0. The summed E-state index contributed by atoms with van der Waals surface area (Å²) in [5.41, 5.74) is 5.69. The molecule has 2 unspecified atom stereocenters. The summed E-state index contributed by atoms with van der Waals surface area (Å²) in [5.74, 6) is 0. The largest absolute Gasteiger partial charge is 0.395 e. The van der Waals surface area contributed by atoms with Gasteiger partial charge in [-0.3, -0.25) is 9.80 Å². The molecule has 2 fully saturated rings. The molecule has 0 aliphatic carbocycles. The van der Waals surface area contributed by atoms with Crippen LogP contribution < -0.4 is 5.73 Å². The molecule has 2 saturated heterocycles. The van der Waals surface area contributed by atoms with Gasteiger partial charge in [0.25, 0.3) is 0 Å². The Labute approximate surface area is 92.0 Å². The molecule has 4 nitrogen and oxygen atoms in total. The molecular weight excluding hydrogens is 190 g/mol. The van der Waals surface area contributed by atoms with Gasteiger partial charge < -0.3 is 10.8 Å². The molecule has 0 aromatic heterocycles. The lowest BCUT2D eigenvalue weighted by molar-refractivity contribution is 0.118. The number of aliphatic hydroxyl groups excluding tert-OH is 1. The van der Waals surface area contributed by atoms with Crippen molar-refractivity contribution in [2.45, 2.75) is 31.3 Å². The van der Waals surface area contributed by atoms with Gasteiger partial charge in [-0.05, 0) is 38.9 Å². The minimum Gasteiger partial charge on any atom is -0.395 e. The van der Waals surface area contributed by atoms with Gasteiger partial charge in [0, 0.05) is 25.2 Å². The van der Waals surface area contributed by atoms with E-state index in [-0.39, 0.29) is 12.6 Å². The first-order valence-corrected chi connectivity index (χ1v) is 6.14. The van der Waals surface area contributed by atoms with Crippen LogP contribution in [0.3, 0.4) is 0 Å². The molecule has 0 aromatic carbocycles. The molecule has 4 heteroatoms. The highest BCUT2D eigenvalue weighted by Crippen LogP contribution is 2.22. The summed E-state index contributed by atoms with van der Waals surface area (Å²) in [6.45, 7) is 5.46. The lowest BCUT2D eigenvalue weighted by Gasteiger charge is -2.30. The van der Waals surface area contributed by atoms with Crippen molar-refractivity contribution in [1.82, 2.24) is 9.80 Å². The molecule has 0 amide bonds. The van der Waals surface area contributed by atoms with Crippen molar-refractivity contribution in [3.05, 3.63) is 0 Å². The van der Waals surface area contributed by atoms with Crippen LogP contribution in [-0.4, -0.2) is 66.3 Å². The van der Waals surface area contributed by atoms with Gasteiger partial charge in [0.15, 0.2) is 0 Å². The monoisotopic (exact) mass is 213 g/mol. The standard InChI is InChI=1S/C11H23N3O/c12-7-11(9-15)14-6-2-5-13-4-1-3-10(13)8-14/h10-11,15H,1-9,12H2. The van der Waals surface area contributed by atoms with E-state index in [1.165, 1.54) is 32.4 Å². The van der Waals surface area contributed by atoms with E-state index in [0.29, 0.717) is 12.6 Å². The molecule has 2 rings (SSSR count). The van der Waals surface area contributed by atoms with E-state index < -0.39 is 0 Å². The Balaban J connectivity index is 1.95. The summed E-state index contributed by atoms with van der Waals surface area (Å²) in [6, 6.07) is 0.888. The number of hydrogen-bond donors (Lipinski definition) is 2. The van der Waals surface area contributed by atoms with Crippen molar-refractivity contribution in [3.63, 3.8) is 0 Å². The Hall–Kier alpha value is -0.160. The molecule has 88 valence electrons. The van der Waals surface area contributed by atoms with Gasteiger partial charge in [-0.2, -0.15) is 0 Å². The zero-order valence-corrected chi connectivity index (χ0v) is 9.44. The third kappa shape index (κ3) is 2.50. The van der Waals surface area contributed by atoms with Crippen LogP contribution in [0.15, 0.2) is 0 Å². The van der Waals surface area contributed by atoms with Crippen molar-refractivity contribution < 1.29 is 5.11 Å². The predicted octanol–water partition coefficient (Wildman–Crippen LogP) is -0.524. The summed E-state index contributed by atoms with van der Waals surface area (Å²) in [7, 11) is 0. The van der Waals surface area contributed by atoms with Crippen LogP contribution in [0.2, 0.25) is 0 Å². The Morgan fingerprint density at radius 3 is 2.80 bits per heavy atom. The third-order valence-electron chi connectivity index (χ3n) is 3.83. The molecule has 0 bridgehead atoms. The lowest BCUT2D eigenvalue weighted by Crippen LogP contribution is -2.47. The SMILES string of the molecule is NCC(CO)N1CCCN2CCCC2C1. The van der Waals surface area contributed by atoms with Crippen LogP contribution >= 0.6 is 0 Å². The normalized spacial score (nSPS) is 31.2. The maximum absolute atomic E-state index is 9.28. The molecule has 0 radical (unpaired) electrons. The minimum atomic E-state index is 0.172. The van der Waals surface area contributed by atoms with Crippen LogP contribution in [-0.2, 0) is 0 Å². The highest BCUT2D eigenvalue weighted by atomic mass is 16.3. The molecule has 2 aliphatic heterocycles. The van der Waals surface area contributed by atoms with Crippen molar-refractivity contribution >= 4 is 0 Å². The van der Waals surface area contributed by atoms with E-state index in [0.717, 1.165) is 13.1 Å². The first-order valence-electron chi connectivity index (χ1n) is 6.14. The van der Waals surface area contributed by atoms with E-state index in [4.69, 9.17) is 5.73 Å². The molecule has 0 spiro atoms.